The van der Waals surface area contributed by atoms with Gasteiger partial charge in [-0.3, -0.25) is 4.79 Å². The fourth-order valence-electron chi connectivity index (χ4n) is 2.66. The first-order valence-corrected chi connectivity index (χ1v) is 8.64. The molecule has 0 spiro atoms. The van der Waals surface area contributed by atoms with Crippen LogP contribution in [0.2, 0.25) is 0 Å². The Hall–Kier alpha value is -3.81. The molecule has 0 fully saturated rings. The van der Waals surface area contributed by atoms with Gasteiger partial charge in [0.15, 0.2) is 11.5 Å². The summed E-state index contributed by atoms with van der Waals surface area (Å²) >= 11 is 0. The van der Waals surface area contributed by atoms with E-state index in [1.165, 1.54) is 33.6 Å². The van der Waals surface area contributed by atoms with Crippen molar-refractivity contribution in [2.75, 3.05) is 32.0 Å². The molecule has 0 atom stereocenters. The Kier molecular flexibility index (Phi) is 6.13. The van der Waals surface area contributed by atoms with Crippen molar-refractivity contribution in [2.24, 2.45) is 0 Å². The van der Waals surface area contributed by atoms with E-state index in [4.69, 9.17) is 14.2 Å². The molecule has 0 saturated heterocycles. The summed E-state index contributed by atoms with van der Waals surface area (Å²) in [6, 6.07) is 12.7. The van der Waals surface area contributed by atoms with E-state index in [1.54, 1.807) is 42.5 Å². The van der Waals surface area contributed by atoms with Gasteiger partial charge < -0.3 is 24.8 Å². The maximum absolute atomic E-state index is 13.7. The fraction of sp³-hybridized carbons (Fsp3) is 0.143. The van der Waals surface area contributed by atoms with Crippen molar-refractivity contribution in [2.45, 2.75) is 0 Å². The fourth-order valence-corrected chi connectivity index (χ4v) is 2.66. The van der Waals surface area contributed by atoms with Crippen molar-refractivity contribution < 1.29 is 23.4 Å². The molecule has 0 unspecified atom stereocenters. The number of halogens is 1. The summed E-state index contributed by atoms with van der Waals surface area (Å²) in [4.78, 5) is 16.8. The third-order valence-electron chi connectivity index (χ3n) is 4.08. The van der Waals surface area contributed by atoms with E-state index in [-0.39, 0.29) is 11.7 Å². The number of pyridine rings is 1. The number of rotatable bonds is 7. The first kappa shape index (κ1) is 19.9. The molecule has 3 aromatic rings. The first-order valence-electron chi connectivity index (χ1n) is 8.64. The van der Waals surface area contributed by atoms with E-state index in [2.05, 4.69) is 15.6 Å². The Morgan fingerprint density at radius 1 is 0.966 bits per heavy atom. The zero-order valence-electron chi connectivity index (χ0n) is 16.2. The molecular weight excluding hydrogens is 377 g/mol. The summed E-state index contributed by atoms with van der Waals surface area (Å²) in [6.07, 6.45) is 1.47. The van der Waals surface area contributed by atoms with E-state index >= 15 is 0 Å². The number of nitrogens with one attached hydrogen (secondary N) is 2. The molecule has 150 valence electrons. The van der Waals surface area contributed by atoms with Crippen molar-refractivity contribution >= 4 is 23.1 Å². The monoisotopic (exact) mass is 397 g/mol. The number of nitrogens with zero attached hydrogens (tertiary/aromatic N) is 1. The van der Waals surface area contributed by atoms with Gasteiger partial charge in [-0.05, 0) is 36.4 Å². The molecule has 0 saturated carbocycles. The second kappa shape index (κ2) is 8.92. The summed E-state index contributed by atoms with van der Waals surface area (Å²) in [5, 5.41) is 5.63. The topological polar surface area (TPSA) is 81.7 Å². The number of carbonyl (C=O) groups is 1. The van der Waals surface area contributed by atoms with Crippen LogP contribution in [-0.4, -0.2) is 32.2 Å². The number of methoxy groups -OCH3 is 3. The van der Waals surface area contributed by atoms with Crippen molar-refractivity contribution in [3.05, 3.63) is 66.1 Å². The van der Waals surface area contributed by atoms with Crippen LogP contribution in [0, 0.1) is 5.82 Å². The van der Waals surface area contributed by atoms with E-state index in [1.807, 2.05) is 0 Å². The molecule has 0 aliphatic rings. The van der Waals surface area contributed by atoms with Crippen LogP contribution in [0.5, 0.6) is 17.2 Å². The predicted octanol–water partition coefficient (Wildman–Crippen LogP) is 4.24. The van der Waals surface area contributed by atoms with Crippen LogP contribution in [0.3, 0.4) is 0 Å². The van der Waals surface area contributed by atoms with E-state index in [9.17, 15) is 9.18 Å². The third-order valence-corrected chi connectivity index (χ3v) is 4.08. The summed E-state index contributed by atoms with van der Waals surface area (Å²) in [5.74, 6) is 0.840. The van der Waals surface area contributed by atoms with Gasteiger partial charge >= 0.3 is 0 Å². The number of hydrogen-bond donors (Lipinski definition) is 2. The van der Waals surface area contributed by atoms with Crippen LogP contribution >= 0.6 is 0 Å². The molecule has 2 N–H and O–H groups in total. The predicted molar refractivity (Wildman–Crippen MR) is 108 cm³/mol. The summed E-state index contributed by atoms with van der Waals surface area (Å²) < 4.78 is 29.5. The Morgan fingerprint density at radius 3 is 2.21 bits per heavy atom. The minimum absolute atomic E-state index is 0.314. The standard InChI is InChI=1S/C21H20FN3O4/c1-27-17-10-13(11-18(28-2)20(17)29-3)21(26)24-14-8-9-19(23-12-14)25-16-7-5-4-6-15(16)22/h4-12H,1-3H3,(H,23,25)(H,24,26). The van der Waals surface area contributed by atoms with Crippen LogP contribution in [0.4, 0.5) is 21.6 Å². The normalized spacial score (nSPS) is 10.2. The van der Waals surface area contributed by atoms with Crippen LogP contribution in [0.25, 0.3) is 0 Å². The lowest BCUT2D eigenvalue weighted by molar-refractivity contribution is 0.102. The molecule has 7 nitrogen and oxygen atoms in total. The van der Waals surface area contributed by atoms with Crippen LogP contribution in [0.1, 0.15) is 10.4 Å². The van der Waals surface area contributed by atoms with Gasteiger partial charge in [0.2, 0.25) is 5.75 Å². The average Bonchev–Trinajstić information content (AvgIpc) is 2.75. The van der Waals surface area contributed by atoms with Crippen molar-refractivity contribution in [1.82, 2.24) is 4.98 Å². The molecule has 8 heteroatoms. The molecule has 2 aromatic carbocycles. The van der Waals surface area contributed by atoms with Gasteiger partial charge in [-0.15, -0.1) is 0 Å². The Labute approximate surface area is 167 Å². The van der Waals surface area contributed by atoms with Crippen LogP contribution in [0.15, 0.2) is 54.7 Å². The molecule has 1 heterocycles. The molecule has 29 heavy (non-hydrogen) atoms. The zero-order chi connectivity index (χ0) is 20.8. The Bertz CT molecular complexity index is 984. The third kappa shape index (κ3) is 4.55. The summed E-state index contributed by atoms with van der Waals surface area (Å²) in [5.41, 5.74) is 1.12. The maximum atomic E-state index is 13.7. The van der Waals surface area contributed by atoms with Gasteiger partial charge in [0, 0.05) is 5.56 Å². The highest BCUT2D eigenvalue weighted by atomic mass is 19.1. The largest absolute Gasteiger partial charge is 0.493 e. The van der Waals surface area contributed by atoms with E-state index < -0.39 is 0 Å². The van der Waals surface area contributed by atoms with Gasteiger partial charge in [0.1, 0.15) is 11.6 Å². The highest BCUT2D eigenvalue weighted by Gasteiger charge is 2.17. The molecule has 3 rings (SSSR count). The SMILES string of the molecule is COc1cc(C(=O)Nc2ccc(Nc3ccccc3F)nc2)cc(OC)c1OC. The number of hydrogen-bond acceptors (Lipinski definition) is 6. The Morgan fingerprint density at radius 2 is 1.66 bits per heavy atom. The summed E-state index contributed by atoms with van der Waals surface area (Å²) in [7, 11) is 4.44. The second-order valence-electron chi connectivity index (χ2n) is 5.91. The highest BCUT2D eigenvalue weighted by Crippen LogP contribution is 2.38. The minimum atomic E-state index is -0.380. The molecule has 0 aliphatic carbocycles. The van der Waals surface area contributed by atoms with Crippen LogP contribution in [-0.2, 0) is 0 Å². The lowest BCUT2D eigenvalue weighted by Crippen LogP contribution is -2.13. The number of amides is 1. The number of para-hydroxylation sites is 1. The average molecular weight is 397 g/mol. The summed E-state index contributed by atoms with van der Waals surface area (Å²) in [6.45, 7) is 0. The van der Waals surface area contributed by atoms with Gasteiger partial charge in [-0.1, -0.05) is 12.1 Å². The number of ether oxygens (including phenoxy) is 3. The second-order valence-corrected chi connectivity index (χ2v) is 5.91. The number of anilines is 3. The van der Waals surface area contributed by atoms with Gasteiger partial charge in [0.25, 0.3) is 5.91 Å². The Balaban J connectivity index is 1.75. The van der Waals surface area contributed by atoms with Gasteiger partial charge in [0.05, 0.1) is 38.9 Å². The molecule has 0 bridgehead atoms. The first-order chi connectivity index (χ1) is 14.0. The lowest BCUT2D eigenvalue weighted by Gasteiger charge is -2.14. The van der Waals surface area contributed by atoms with Crippen molar-refractivity contribution in [3.8, 4) is 17.2 Å². The van der Waals surface area contributed by atoms with Crippen LogP contribution < -0.4 is 24.8 Å². The molecule has 1 amide bonds. The number of benzene rings is 2. The van der Waals surface area contributed by atoms with Gasteiger partial charge in [-0.2, -0.15) is 0 Å². The zero-order valence-corrected chi connectivity index (χ0v) is 16.2. The molecule has 0 radical (unpaired) electrons. The minimum Gasteiger partial charge on any atom is -0.493 e. The smallest absolute Gasteiger partial charge is 0.255 e. The van der Waals surface area contributed by atoms with Crippen molar-refractivity contribution in [1.29, 1.82) is 0 Å². The molecular formula is C21H20FN3O4. The van der Waals surface area contributed by atoms with Gasteiger partial charge in [-0.25, -0.2) is 9.37 Å². The highest BCUT2D eigenvalue weighted by molar-refractivity contribution is 6.05. The molecule has 1 aromatic heterocycles. The molecule has 0 aliphatic heterocycles. The van der Waals surface area contributed by atoms with E-state index in [0.717, 1.165) is 0 Å². The quantitative estimate of drug-likeness (QED) is 0.621. The number of aromatic nitrogens is 1. The maximum Gasteiger partial charge on any atom is 0.255 e. The lowest BCUT2D eigenvalue weighted by atomic mass is 10.1. The van der Waals surface area contributed by atoms with E-state index in [0.29, 0.717) is 40.0 Å². The number of carbonyl (C=O) groups excluding carboxylic acids is 1. The van der Waals surface area contributed by atoms with Crippen molar-refractivity contribution in [3.63, 3.8) is 0 Å².